The minimum atomic E-state index is -0.174. The molecule has 0 aliphatic rings. The van der Waals surface area contributed by atoms with Gasteiger partial charge in [0.15, 0.2) is 4.96 Å². The van der Waals surface area contributed by atoms with Crippen molar-refractivity contribution in [1.29, 1.82) is 0 Å². The predicted molar refractivity (Wildman–Crippen MR) is 74.9 cm³/mol. The number of fused-ring (bicyclic) bond motifs is 1. The van der Waals surface area contributed by atoms with Crippen molar-refractivity contribution in [3.63, 3.8) is 0 Å². The standard InChI is InChI=1S/C14H14FN3S/c15-12-3-1-2-11(8-12)4-5-16-9-13-10-18-6-7-19-14(18)17-13/h1-3,6-8,10,16H,4-5,9H2. The van der Waals surface area contributed by atoms with Crippen molar-refractivity contribution < 1.29 is 4.39 Å². The van der Waals surface area contributed by atoms with Gasteiger partial charge in [-0.1, -0.05) is 12.1 Å². The number of nitrogens with zero attached hydrogens (tertiary/aromatic N) is 2. The summed E-state index contributed by atoms with van der Waals surface area (Å²) in [5, 5.41) is 5.34. The van der Waals surface area contributed by atoms with E-state index in [1.54, 1.807) is 23.5 Å². The van der Waals surface area contributed by atoms with Gasteiger partial charge in [0.25, 0.3) is 0 Å². The van der Waals surface area contributed by atoms with Gasteiger partial charge < -0.3 is 5.32 Å². The van der Waals surface area contributed by atoms with Crippen molar-refractivity contribution in [2.24, 2.45) is 0 Å². The van der Waals surface area contributed by atoms with Crippen LogP contribution in [0.25, 0.3) is 4.96 Å². The fourth-order valence-electron chi connectivity index (χ4n) is 2.00. The number of halogens is 1. The minimum Gasteiger partial charge on any atom is -0.311 e. The Bertz CT molecular complexity index is 645. The first-order valence-electron chi connectivity index (χ1n) is 6.17. The van der Waals surface area contributed by atoms with E-state index in [9.17, 15) is 4.39 Å². The van der Waals surface area contributed by atoms with Crippen molar-refractivity contribution in [3.8, 4) is 0 Å². The van der Waals surface area contributed by atoms with Crippen LogP contribution in [0.4, 0.5) is 4.39 Å². The Kier molecular flexibility index (Phi) is 3.57. The third kappa shape index (κ3) is 3.00. The molecule has 0 saturated heterocycles. The average Bonchev–Trinajstić information content (AvgIpc) is 2.95. The molecular formula is C14H14FN3S. The molecule has 0 spiro atoms. The number of imidazole rings is 1. The van der Waals surface area contributed by atoms with Crippen LogP contribution in [0.15, 0.2) is 42.0 Å². The number of aromatic nitrogens is 2. The highest BCUT2D eigenvalue weighted by atomic mass is 32.1. The van der Waals surface area contributed by atoms with Crippen LogP contribution in [-0.4, -0.2) is 15.9 Å². The highest BCUT2D eigenvalue weighted by Crippen LogP contribution is 2.11. The van der Waals surface area contributed by atoms with Gasteiger partial charge in [-0.2, -0.15) is 0 Å². The number of thiazole rings is 1. The Labute approximate surface area is 114 Å². The molecule has 1 N–H and O–H groups in total. The summed E-state index contributed by atoms with van der Waals surface area (Å²) in [4.78, 5) is 5.51. The van der Waals surface area contributed by atoms with Crippen LogP contribution in [0.1, 0.15) is 11.3 Å². The second-order valence-corrected chi connectivity index (χ2v) is 5.25. The zero-order chi connectivity index (χ0) is 13.1. The lowest BCUT2D eigenvalue weighted by Gasteiger charge is -2.03. The summed E-state index contributed by atoms with van der Waals surface area (Å²) in [7, 11) is 0. The zero-order valence-corrected chi connectivity index (χ0v) is 11.2. The van der Waals surface area contributed by atoms with Crippen LogP contribution in [0.3, 0.4) is 0 Å². The van der Waals surface area contributed by atoms with E-state index in [4.69, 9.17) is 0 Å². The quantitative estimate of drug-likeness (QED) is 0.726. The van der Waals surface area contributed by atoms with Gasteiger partial charge in [-0.25, -0.2) is 9.37 Å². The molecule has 3 aromatic rings. The number of hydrogen-bond acceptors (Lipinski definition) is 3. The van der Waals surface area contributed by atoms with Gasteiger partial charge in [-0.05, 0) is 30.7 Å². The van der Waals surface area contributed by atoms with Crippen LogP contribution < -0.4 is 5.32 Å². The second-order valence-electron chi connectivity index (χ2n) is 4.38. The Morgan fingerprint density at radius 1 is 1.37 bits per heavy atom. The van der Waals surface area contributed by atoms with Crippen LogP contribution in [-0.2, 0) is 13.0 Å². The van der Waals surface area contributed by atoms with Crippen molar-refractivity contribution in [2.75, 3.05) is 6.54 Å². The van der Waals surface area contributed by atoms with E-state index in [0.29, 0.717) is 0 Å². The van der Waals surface area contributed by atoms with E-state index in [-0.39, 0.29) is 5.82 Å². The van der Waals surface area contributed by atoms with E-state index >= 15 is 0 Å². The smallest absolute Gasteiger partial charge is 0.193 e. The van der Waals surface area contributed by atoms with Crippen molar-refractivity contribution in [2.45, 2.75) is 13.0 Å². The van der Waals surface area contributed by atoms with Gasteiger partial charge >= 0.3 is 0 Å². The average molecular weight is 275 g/mol. The summed E-state index contributed by atoms with van der Waals surface area (Å²) in [6.07, 6.45) is 4.85. The molecule has 2 aromatic heterocycles. The number of benzene rings is 1. The van der Waals surface area contributed by atoms with Gasteiger partial charge in [0, 0.05) is 24.3 Å². The molecule has 0 unspecified atom stereocenters. The molecule has 1 aromatic carbocycles. The molecule has 0 fully saturated rings. The third-order valence-corrected chi connectivity index (χ3v) is 3.70. The van der Waals surface area contributed by atoms with Gasteiger partial charge in [-0.15, -0.1) is 11.3 Å². The fourth-order valence-corrected chi connectivity index (χ4v) is 2.72. The molecule has 0 aliphatic carbocycles. The van der Waals surface area contributed by atoms with Crippen LogP contribution in [0, 0.1) is 5.82 Å². The number of rotatable bonds is 5. The maximum atomic E-state index is 13.0. The van der Waals surface area contributed by atoms with E-state index in [0.717, 1.165) is 35.7 Å². The lowest BCUT2D eigenvalue weighted by atomic mass is 10.1. The third-order valence-electron chi connectivity index (χ3n) is 2.93. The van der Waals surface area contributed by atoms with Crippen molar-refractivity contribution >= 4 is 16.3 Å². The highest BCUT2D eigenvalue weighted by Gasteiger charge is 2.01. The second kappa shape index (κ2) is 5.50. The number of hydrogen-bond donors (Lipinski definition) is 1. The maximum Gasteiger partial charge on any atom is 0.193 e. The zero-order valence-electron chi connectivity index (χ0n) is 10.3. The molecule has 3 rings (SSSR count). The summed E-state index contributed by atoms with van der Waals surface area (Å²) in [5.41, 5.74) is 2.05. The maximum absolute atomic E-state index is 13.0. The molecule has 0 saturated carbocycles. The predicted octanol–water partition coefficient (Wildman–Crippen LogP) is 2.87. The Balaban J connectivity index is 1.49. The minimum absolute atomic E-state index is 0.174. The van der Waals surface area contributed by atoms with E-state index in [1.165, 1.54) is 6.07 Å². The van der Waals surface area contributed by atoms with Gasteiger partial charge in [-0.3, -0.25) is 4.40 Å². The molecule has 5 heteroatoms. The van der Waals surface area contributed by atoms with Crippen LogP contribution in [0.2, 0.25) is 0 Å². The van der Waals surface area contributed by atoms with E-state index in [2.05, 4.69) is 10.3 Å². The highest BCUT2D eigenvalue weighted by molar-refractivity contribution is 7.15. The summed E-state index contributed by atoms with van der Waals surface area (Å²) in [5.74, 6) is -0.174. The molecule has 2 heterocycles. The topological polar surface area (TPSA) is 29.3 Å². The first-order valence-corrected chi connectivity index (χ1v) is 7.05. The molecule has 0 amide bonds. The van der Waals surface area contributed by atoms with Crippen molar-refractivity contribution in [3.05, 3.63) is 59.1 Å². The molecule has 0 bridgehead atoms. The molecule has 0 atom stereocenters. The van der Waals surface area contributed by atoms with Gasteiger partial charge in [0.1, 0.15) is 5.82 Å². The largest absolute Gasteiger partial charge is 0.311 e. The Morgan fingerprint density at radius 2 is 2.32 bits per heavy atom. The lowest BCUT2D eigenvalue weighted by Crippen LogP contribution is -2.16. The first kappa shape index (κ1) is 12.3. The summed E-state index contributed by atoms with van der Waals surface area (Å²) < 4.78 is 15.0. The summed E-state index contributed by atoms with van der Waals surface area (Å²) in [6.45, 7) is 1.55. The van der Waals surface area contributed by atoms with Crippen LogP contribution >= 0.6 is 11.3 Å². The monoisotopic (exact) mass is 275 g/mol. The lowest BCUT2D eigenvalue weighted by molar-refractivity contribution is 0.622. The summed E-state index contributed by atoms with van der Waals surface area (Å²) >= 11 is 1.63. The van der Waals surface area contributed by atoms with E-state index < -0.39 is 0 Å². The molecular weight excluding hydrogens is 261 g/mol. The van der Waals surface area contributed by atoms with Gasteiger partial charge in [0.2, 0.25) is 0 Å². The summed E-state index contributed by atoms with van der Waals surface area (Å²) in [6, 6.07) is 6.73. The molecule has 0 aliphatic heterocycles. The van der Waals surface area contributed by atoms with Gasteiger partial charge in [0.05, 0.1) is 5.69 Å². The molecule has 98 valence electrons. The van der Waals surface area contributed by atoms with E-state index in [1.807, 2.05) is 28.2 Å². The molecule has 19 heavy (non-hydrogen) atoms. The number of nitrogens with one attached hydrogen (secondary N) is 1. The fraction of sp³-hybridized carbons (Fsp3) is 0.214. The SMILES string of the molecule is Fc1cccc(CCNCc2cn3ccsc3n2)c1. The molecule has 3 nitrogen and oxygen atoms in total. The first-order chi connectivity index (χ1) is 9.31. The Morgan fingerprint density at radius 3 is 3.16 bits per heavy atom. The normalized spacial score (nSPS) is 11.2. The Hall–Kier alpha value is -1.72. The van der Waals surface area contributed by atoms with Crippen LogP contribution in [0.5, 0.6) is 0 Å². The van der Waals surface area contributed by atoms with Crippen molar-refractivity contribution in [1.82, 2.24) is 14.7 Å². The molecule has 0 radical (unpaired) electrons.